The van der Waals surface area contributed by atoms with Gasteiger partial charge in [-0.25, -0.2) is 0 Å². The minimum absolute atomic E-state index is 0.237. The zero-order valence-electron chi connectivity index (χ0n) is 18.4. The van der Waals surface area contributed by atoms with Crippen molar-refractivity contribution in [1.29, 1.82) is 0 Å². The molecule has 0 amide bonds. The summed E-state index contributed by atoms with van der Waals surface area (Å²) in [6, 6.07) is 9.51. The first-order valence-electron chi connectivity index (χ1n) is 9.79. The third kappa shape index (κ3) is 6.76. The second kappa shape index (κ2) is 11.4. The van der Waals surface area contributed by atoms with Crippen LogP contribution in [-0.4, -0.2) is 84.7 Å². The van der Waals surface area contributed by atoms with E-state index in [0.717, 1.165) is 9.80 Å². The lowest BCUT2D eigenvalue weighted by atomic mass is 10.0. The third-order valence-electron chi connectivity index (χ3n) is 4.68. The largest absolute Gasteiger partial charge is 0.495 e. The number of methoxy groups -OCH3 is 2. The molecule has 0 unspecified atom stereocenters. The van der Waals surface area contributed by atoms with Crippen LogP contribution in [0.2, 0.25) is 0 Å². The number of carboxylic acid groups (broad SMARTS) is 4. The van der Waals surface area contributed by atoms with Crippen LogP contribution in [0, 0.1) is 0 Å². The van der Waals surface area contributed by atoms with Crippen LogP contribution < -0.4 is 19.3 Å². The third-order valence-corrected chi connectivity index (χ3v) is 4.68. The molecule has 0 radical (unpaired) electrons. The first-order valence-corrected chi connectivity index (χ1v) is 9.79. The van der Waals surface area contributed by atoms with Crippen molar-refractivity contribution >= 4 is 35.3 Å². The van der Waals surface area contributed by atoms with Crippen LogP contribution in [-0.2, 0) is 19.2 Å². The van der Waals surface area contributed by atoms with Gasteiger partial charge in [-0.1, -0.05) is 12.1 Å². The Morgan fingerprint density at radius 3 is 1.15 bits per heavy atom. The molecule has 182 valence electrons. The van der Waals surface area contributed by atoms with Crippen LogP contribution in [0.3, 0.4) is 0 Å². The highest BCUT2D eigenvalue weighted by Crippen LogP contribution is 2.37. The number of hydrogen-bond donors (Lipinski definition) is 4. The number of carbonyl (C=O) groups is 4. The van der Waals surface area contributed by atoms with E-state index in [1.165, 1.54) is 26.4 Å². The summed E-state index contributed by atoms with van der Waals surface area (Å²) in [6.07, 6.45) is 0. The van der Waals surface area contributed by atoms with Gasteiger partial charge in [0, 0.05) is 0 Å². The SMILES string of the molecule is COc1cc(-c2ccc(N(CC(=O)O)CC(=O)O)c(OC)c2)ccc1N(CC(=O)O)CC(=O)O. The molecular weight excluding hydrogens is 452 g/mol. The van der Waals surface area contributed by atoms with Crippen molar-refractivity contribution < 1.29 is 49.1 Å². The summed E-state index contributed by atoms with van der Waals surface area (Å²) in [5.41, 5.74) is 1.76. The predicted octanol–water partition coefficient (Wildman–Crippen LogP) is 1.32. The Hall–Kier alpha value is -4.48. The van der Waals surface area contributed by atoms with E-state index in [1.807, 2.05) is 0 Å². The summed E-state index contributed by atoms with van der Waals surface area (Å²) in [5, 5.41) is 36.5. The average Bonchev–Trinajstić information content (AvgIpc) is 2.76. The lowest BCUT2D eigenvalue weighted by Crippen LogP contribution is -2.34. The summed E-state index contributed by atoms with van der Waals surface area (Å²) < 4.78 is 10.7. The van der Waals surface area contributed by atoms with E-state index in [2.05, 4.69) is 0 Å². The van der Waals surface area contributed by atoms with Gasteiger partial charge < -0.3 is 39.7 Å². The Balaban J connectivity index is 2.48. The zero-order valence-corrected chi connectivity index (χ0v) is 18.4. The predicted molar refractivity (Wildman–Crippen MR) is 120 cm³/mol. The molecular formula is C22H24N2O10. The van der Waals surface area contributed by atoms with E-state index in [0.29, 0.717) is 11.1 Å². The number of nitrogens with zero attached hydrogens (tertiary/aromatic N) is 2. The Kier molecular flexibility index (Phi) is 8.65. The lowest BCUT2D eigenvalue weighted by Gasteiger charge is -2.24. The summed E-state index contributed by atoms with van der Waals surface area (Å²) in [4.78, 5) is 47.0. The summed E-state index contributed by atoms with van der Waals surface area (Å²) in [7, 11) is 2.73. The van der Waals surface area contributed by atoms with Crippen molar-refractivity contribution in [2.24, 2.45) is 0 Å². The van der Waals surface area contributed by atoms with Crippen LogP contribution in [0.25, 0.3) is 11.1 Å². The molecule has 0 aromatic heterocycles. The highest BCUT2D eigenvalue weighted by Gasteiger charge is 2.21. The maximum atomic E-state index is 11.2. The Labute approximate surface area is 194 Å². The molecule has 0 aliphatic rings. The maximum absolute atomic E-state index is 11.2. The Morgan fingerprint density at radius 2 is 0.912 bits per heavy atom. The summed E-state index contributed by atoms with van der Waals surface area (Å²) >= 11 is 0. The first kappa shape index (κ1) is 25.8. The molecule has 0 saturated carbocycles. The minimum atomic E-state index is -1.21. The number of anilines is 2. The molecule has 0 fully saturated rings. The van der Waals surface area contributed by atoms with Gasteiger partial charge in [-0.2, -0.15) is 0 Å². The summed E-state index contributed by atoms with van der Waals surface area (Å²) in [5.74, 6) is -4.36. The highest BCUT2D eigenvalue weighted by molar-refractivity contribution is 5.84. The quantitative estimate of drug-likeness (QED) is 0.327. The lowest BCUT2D eigenvalue weighted by molar-refractivity contribution is -0.138. The van der Waals surface area contributed by atoms with E-state index in [1.54, 1.807) is 24.3 Å². The van der Waals surface area contributed by atoms with Crippen molar-refractivity contribution in [2.75, 3.05) is 50.2 Å². The smallest absolute Gasteiger partial charge is 0.323 e. The molecule has 0 heterocycles. The van der Waals surface area contributed by atoms with Crippen LogP contribution in [0.1, 0.15) is 0 Å². The second-order valence-corrected chi connectivity index (χ2v) is 7.06. The van der Waals surface area contributed by atoms with Gasteiger partial charge in [-0.3, -0.25) is 19.2 Å². The Morgan fingerprint density at radius 1 is 0.618 bits per heavy atom. The molecule has 12 heteroatoms. The second-order valence-electron chi connectivity index (χ2n) is 7.06. The number of hydrogen-bond acceptors (Lipinski definition) is 8. The average molecular weight is 476 g/mol. The van der Waals surface area contributed by atoms with Crippen LogP contribution in [0.15, 0.2) is 36.4 Å². The van der Waals surface area contributed by atoms with E-state index >= 15 is 0 Å². The number of rotatable bonds is 13. The highest BCUT2D eigenvalue weighted by atomic mass is 16.5. The standard InChI is InChI=1S/C22H24N2O10/c1-33-17-7-13(3-5-15(17)23(9-19(25)26)10-20(27)28)14-4-6-16(18(8-14)34-2)24(11-21(29)30)12-22(31)32/h3-8H,9-12H2,1-2H3,(H,25,26)(H,27,28)(H,29,30)(H,31,32). The topological polar surface area (TPSA) is 174 Å². The fourth-order valence-electron chi connectivity index (χ4n) is 3.34. The van der Waals surface area contributed by atoms with E-state index < -0.39 is 50.1 Å². The van der Waals surface area contributed by atoms with Crippen LogP contribution in [0.5, 0.6) is 11.5 Å². The van der Waals surface area contributed by atoms with Gasteiger partial charge in [0.1, 0.15) is 37.7 Å². The zero-order chi connectivity index (χ0) is 25.4. The minimum Gasteiger partial charge on any atom is -0.495 e. The van der Waals surface area contributed by atoms with E-state index in [9.17, 15) is 19.2 Å². The monoisotopic (exact) mass is 476 g/mol. The normalized spacial score (nSPS) is 10.3. The maximum Gasteiger partial charge on any atom is 0.323 e. The van der Waals surface area contributed by atoms with Gasteiger partial charge in [0.05, 0.1) is 25.6 Å². The molecule has 2 aromatic carbocycles. The molecule has 0 saturated heterocycles. The van der Waals surface area contributed by atoms with E-state index in [4.69, 9.17) is 29.9 Å². The van der Waals surface area contributed by atoms with Gasteiger partial charge in [0.2, 0.25) is 0 Å². The molecule has 2 rings (SSSR count). The number of ether oxygens (including phenoxy) is 2. The van der Waals surface area contributed by atoms with Gasteiger partial charge in [-0.05, 0) is 35.4 Å². The molecule has 0 aliphatic heterocycles. The number of carboxylic acids is 4. The number of aliphatic carboxylic acids is 4. The van der Waals surface area contributed by atoms with Gasteiger partial charge >= 0.3 is 23.9 Å². The molecule has 0 aliphatic carbocycles. The van der Waals surface area contributed by atoms with Gasteiger partial charge in [0.25, 0.3) is 0 Å². The summed E-state index contributed by atoms with van der Waals surface area (Å²) in [6.45, 7) is -2.19. The fraction of sp³-hybridized carbons (Fsp3) is 0.273. The molecule has 0 spiro atoms. The molecule has 0 atom stereocenters. The molecule has 4 N–H and O–H groups in total. The first-order chi connectivity index (χ1) is 16.0. The van der Waals surface area contributed by atoms with Crippen molar-refractivity contribution in [3.8, 4) is 22.6 Å². The Bertz CT molecular complexity index is 968. The van der Waals surface area contributed by atoms with Crippen molar-refractivity contribution in [3.05, 3.63) is 36.4 Å². The van der Waals surface area contributed by atoms with Gasteiger partial charge in [-0.15, -0.1) is 0 Å². The van der Waals surface area contributed by atoms with Gasteiger partial charge in [0.15, 0.2) is 0 Å². The molecule has 12 nitrogen and oxygen atoms in total. The molecule has 2 aromatic rings. The van der Waals surface area contributed by atoms with Crippen molar-refractivity contribution in [1.82, 2.24) is 0 Å². The van der Waals surface area contributed by atoms with E-state index in [-0.39, 0.29) is 22.9 Å². The van der Waals surface area contributed by atoms with Crippen molar-refractivity contribution in [3.63, 3.8) is 0 Å². The number of benzene rings is 2. The molecule has 0 bridgehead atoms. The fourth-order valence-corrected chi connectivity index (χ4v) is 3.34. The molecule has 34 heavy (non-hydrogen) atoms. The van der Waals surface area contributed by atoms with Crippen molar-refractivity contribution in [2.45, 2.75) is 0 Å². The van der Waals surface area contributed by atoms with Crippen LogP contribution in [0.4, 0.5) is 11.4 Å². The van der Waals surface area contributed by atoms with Crippen LogP contribution >= 0.6 is 0 Å².